The molecular formula is C6H10FO3. The van der Waals surface area contributed by atoms with Crippen LogP contribution >= 0.6 is 0 Å². The maximum atomic E-state index is 12.4. The van der Waals surface area contributed by atoms with Crippen LogP contribution in [0, 0.1) is 6.61 Å². The molecule has 0 aromatic rings. The number of hydrogen-bond acceptors (Lipinski definition) is 3. The number of halogens is 1. The van der Waals surface area contributed by atoms with Crippen LogP contribution in [0.15, 0.2) is 0 Å². The molecule has 1 heterocycles. The Balaban J connectivity index is 2.52. The van der Waals surface area contributed by atoms with E-state index in [1.54, 1.807) is 6.92 Å². The van der Waals surface area contributed by atoms with Crippen molar-refractivity contribution in [2.75, 3.05) is 0 Å². The molecule has 4 heteroatoms. The zero-order valence-electron chi connectivity index (χ0n) is 5.57. The Morgan fingerprint density at radius 3 is 2.50 bits per heavy atom. The van der Waals surface area contributed by atoms with Gasteiger partial charge in [-0.3, -0.25) is 0 Å². The van der Waals surface area contributed by atoms with Crippen LogP contribution in [-0.2, 0) is 4.74 Å². The van der Waals surface area contributed by atoms with E-state index in [-0.39, 0.29) is 0 Å². The van der Waals surface area contributed by atoms with E-state index in [0.29, 0.717) is 0 Å². The summed E-state index contributed by atoms with van der Waals surface area (Å²) in [7, 11) is 0. The van der Waals surface area contributed by atoms with Crippen molar-refractivity contribution < 1.29 is 19.3 Å². The van der Waals surface area contributed by atoms with Crippen LogP contribution in [0.5, 0.6) is 0 Å². The van der Waals surface area contributed by atoms with E-state index >= 15 is 0 Å². The maximum absolute atomic E-state index is 12.4. The minimum Gasteiger partial charge on any atom is -0.388 e. The zero-order chi connectivity index (χ0) is 7.72. The molecule has 0 saturated carbocycles. The summed E-state index contributed by atoms with van der Waals surface area (Å²) in [4.78, 5) is 0. The van der Waals surface area contributed by atoms with Crippen LogP contribution < -0.4 is 0 Å². The molecular weight excluding hydrogens is 139 g/mol. The fraction of sp³-hybridized carbons (Fsp3) is 0.833. The van der Waals surface area contributed by atoms with Crippen molar-refractivity contribution in [2.45, 2.75) is 31.4 Å². The van der Waals surface area contributed by atoms with E-state index in [1.165, 1.54) is 0 Å². The fourth-order valence-corrected chi connectivity index (χ4v) is 0.826. The average Bonchev–Trinajstić information content (AvgIpc) is 1.93. The SMILES string of the molecule is C[C@@H]1O[CH][C@H](F)[C@H](O)[C@H]1O. The molecule has 1 fully saturated rings. The molecule has 1 rings (SSSR count). The van der Waals surface area contributed by atoms with E-state index in [0.717, 1.165) is 6.61 Å². The van der Waals surface area contributed by atoms with Gasteiger partial charge in [0.2, 0.25) is 0 Å². The molecule has 4 atom stereocenters. The van der Waals surface area contributed by atoms with Crippen molar-refractivity contribution in [1.29, 1.82) is 0 Å². The fourth-order valence-electron chi connectivity index (χ4n) is 0.826. The van der Waals surface area contributed by atoms with Crippen LogP contribution in [0.25, 0.3) is 0 Å². The summed E-state index contributed by atoms with van der Waals surface area (Å²) in [5, 5.41) is 17.9. The van der Waals surface area contributed by atoms with Crippen LogP contribution in [0.3, 0.4) is 0 Å². The highest BCUT2D eigenvalue weighted by Gasteiger charge is 2.36. The minimum absolute atomic E-state index is 0.526. The van der Waals surface area contributed by atoms with Gasteiger partial charge >= 0.3 is 0 Å². The standard InChI is InChI=1S/C6H10FO3/c1-3-5(8)6(9)4(7)2-10-3/h2-6,8-9H,1H3/t3-,4-,5-,6-/m0/s1. The molecule has 1 aliphatic heterocycles. The van der Waals surface area contributed by atoms with Gasteiger partial charge in [0.1, 0.15) is 18.8 Å². The van der Waals surface area contributed by atoms with Crippen molar-refractivity contribution >= 4 is 0 Å². The molecule has 2 N–H and O–H groups in total. The highest BCUT2D eigenvalue weighted by molar-refractivity contribution is 4.89. The van der Waals surface area contributed by atoms with Crippen LogP contribution in [-0.4, -0.2) is 34.7 Å². The molecule has 3 nitrogen and oxygen atoms in total. The first-order valence-corrected chi connectivity index (χ1v) is 3.12. The monoisotopic (exact) mass is 149 g/mol. The summed E-state index contributed by atoms with van der Waals surface area (Å²) in [5.74, 6) is 0. The summed E-state index contributed by atoms with van der Waals surface area (Å²) >= 11 is 0. The van der Waals surface area contributed by atoms with Crippen molar-refractivity contribution in [2.24, 2.45) is 0 Å². The van der Waals surface area contributed by atoms with Gasteiger partial charge in [-0.1, -0.05) is 0 Å². The molecule has 0 spiro atoms. The summed E-state index contributed by atoms with van der Waals surface area (Å²) in [6.45, 7) is 2.47. The average molecular weight is 149 g/mol. The highest BCUT2D eigenvalue weighted by atomic mass is 19.1. The predicted octanol–water partition coefficient (Wildman–Crippen LogP) is -0.373. The zero-order valence-corrected chi connectivity index (χ0v) is 5.57. The molecule has 0 aliphatic carbocycles. The van der Waals surface area contributed by atoms with Gasteiger partial charge in [-0.05, 0) is 6.92 Å². The van der Waals surface area contributed by atoms with E-state index in [2.05, 4.69) is 4.74 Å². The lowest BCUT2D eigenvalue weighted by molar-refractivity contribution is -0.136. The number of rotatable bonds is 0. The molecule has 1 radical (unpaired) electrons. The Kier molecular flexibility index (Phi) is 2.23. The largest absolute Gasteiger partial charge is 0.388 e. The summed E-state index contributed by atoms with van der Waals surface area (Å²) < 4.78 is 17.1. The first-order chi connectivity index (χ1) is 4.63. The Hall–Kier alpha value is -0.190. The Morgan fingerprint density at radius 1 is 1.40 bits per heavy atom. The molecule has 0 aromatic heterocycles. The first-order valence-electron chi connectivity index (χ1n) is 3.12. The maximum Gasteiger partial charge on any atom is 0.157 e. The third-order valence-corrected chi connectivity index (χ3v) is 1.58. The van der Waals surface area contributed by atoms with Crippen molar-refractivity contribution in [3.63, 3.8) is 0 Å². The first kappa shape index (κ1) is 7.91. The van der Waals surface area contributed by atoms with Gasteiger partial charge in [-0.2, -0.15) is 0 Å². The molecule has 0 bridgehead atoms. The topological polar surface area (TPSA) is 49.7 Å². The second-order valence-electron chi connectivity index (χ2n) is 2.40. The van der Waals surface area contributed by atoms with Gasteiger partial charge in [0.05, 0.1) is 6.10 Å². The van der Waals surface area contributed by atoms with Gasteiger partial charge in [0.15, 0.2) is 6.17 Å². The normalized spacial score (nSPS) is 49.2. The Labute approximate surface area is 58.4 Å². The summed E-state index contributed by atoms with van der Waals surface area (Å²) in [6.07, 6.45) is -4.57. The highest BCUT2D eigenvalue weighted by Crippen LogP contribution is 2.19. The van der Waals surface area contributed by atoms with E-state index in [4.69, 9.17) is 10.2 Å². The van der Waals surface area contributed by atoms with Gasteiger partial charge in [-0.25, -0.2) is 4.39 Å². The van der Waals surface area contributed by atoms with E-state index in [1.807, 2.05) is 0 Å². The smallest absolute Gasteiger partial charge is 0.157 e. The van der Waals surface area contributed by atoms with E-state index in [9.17, 15) is 4.39 Å². The molecule has 10 heavy (non-hydrogen) atoms. The number of aliphatic hydroxyl groups is 2. The van der Waals surface area contributed by atoms with Gasteiger partial charge < -0.3 is 14.9 Å². The Morgan fingerprint density at radius 2 is 2.00 bits per heavy atom. The quantitative estimate of drug-likeness (QED) is 0.494. The summed E-state index contributed by atoms with van der Waals surface area (Å²) in [6, 6.07) is 0. The molecule has 0 unspecified atom stereocenters. The molecule has 1 aliphatic rings. The molecule has 0 amide bonds. The Bertz CT molecular complexity index is 106. The van der Waals surface area contributed by atoms with Crippen molar-refractivity contribution in [3.05, 3.63) is 6.61 Å². The molecule has 0 aromatic carbocycles. The summed E-state index contributed by atoms with van der Waals surface area (Å²) in [5.41, 5.74) is 0. The minimum atomic E-state index is -1.58. The number of ether oxygens (including phenoxy) is 1. The number of hydrogen-bond donors (Lipinski definition) is 2. The second-order valence-corrected chi connectivity index (χ2v) is 2.40. The van der Waals surface area contributed by atoms with Gasteiger partial charge in [0.25, 0.3) is 0 Å². The number of alkyl halides is 1. The third-order valence-electron chi connectivity index (χ3n) is 1.58. The van der Waals surface area contributed by atoms with Gasteiger partial charge in [-0.15, -0.1) is 0 Å². The van der Waals surface area contributed by atoms with Crippen molar-refractivity contribution in [1.82, 2.24) is 0 Å². The van der Waals surface area contributed by atoms with Crippen molar-refractivity contribution in [3.8, 4) is 0 Å². The molecule has 59 valence electrons. The van der Waals surface area contributed by atoms with Gasteiger partial charge in [0, 0.05) is 0 Å². The molecule has 1 saturated heterocycles. The lowest BCUT2D eigenvalue weighted by Crippen LogP contribution is -2.47. The number of aliphatic hydroxyl groups excluding tert-OH is 2. The van der Waals surface area contributed by atoms with Crippen LogP contribution in [0.4, 0.5) is 4.39 Å². The predicted molar refractivity (Wildman–Crippen MR) is 31.8 cm³/mol. The van der Waals surface area contributed by atoms with E-state index < -0.39 is 24.5 Å². The van der Waals surface area contributed by atoms with Crippen LogP contribution in [0.1, 0.15) is 6.92 Å². The lowest BCUT2D eigenvalue weighted by Gasteiger charge is -2.31. The second kappa shape index (κ2) is 2.82. The lowest BCUT2D eigenvalue weighted by atomic mass is 10.0. The van der Waals surface area contributed by atoms with Crippen LogP contribution in [0.2, 0.25) is 0 Å². The third kappa shape index (κ3) is 1.28.